The Labute approximate surface area is 170 Å². The fourth-order valence-corrected chi connectivity index (χ4v) is 5.59. The molecule has 1 aromatic rings. The van der Waals surface area contributed by atoms with E-state index < -0.39 is 11.1 Å². The third-order valence-electron chi connectivity index (χ3n) is 6.38. The number of nitrogens with zero attached hydrogens (tertiary/aromatic N) is 2. The first kappa shape index (κ1) is 19.7. The molecule has 0 spiro atoms. The average Bonchev–Trinajstić information content (AvgIpc) is 2.63. The van der Waals surface area contributed by atoms with Crippen molar-refractivity contribution >= 4 is 5.91 Å². The summed E-state index contributed by atoms with van der Waals surface area (Å²) in [6, 6.07) is 3.55. The van der Waals surface area contributed by atoms with Gasteiger partial charge in [0.2, 0.25) is 5.88 Å². The molecule has 1 heterocycles. The van der Waals surface area contributed by atoms with Gasteiger partial charge in [0.1, 0.15) is 6.61 Å². The summed E-state index contributed by atoms with van der Waals surface area (Å²) < 4.78 is 11.0. The minimum absolute atomic E-state index is 0.0270. The lowest BCUT2D eigenvalue weighted by Gasteiger charge is -2.56. The smallest absolute Gasteiger partial charge is 0.351 e. The van der Waals surface area contributed by atoms with Gasteiger partial charge in [0, 0.05) is 5.54 Å². The lowest BCUT2D eigenvalue weighted by atomic mass is 9.53. The fourth-order valence-electron chi connectivity index (χ4n) is 5.59. The van der Waals surface area contributed by atoms with Crippen LogP contribution < -0.4 is 20.5 Å². The van der Waals surface area contributed by atoms with Crippen LogP contribution in [0.4, 0.5) is 0 Å². The minimum Gasteiger partial charge on any atom is -0.477 e. The third-order valence-corrected chi connectivity index (χ3v) is 6.38. The maximum absolute atomic E-state index is 12.5. The molecule has 4 aliphatic rings. The molecule has 29 heavy (non-hydrogen) atoms. The van der Waals surface area contributed by atoms with Crippen molar-refractivity contribution < 1.29 is 14.3 Å². The van der Waals surface area contributed by atoms with Gasteiger partial charge in [-0.2, -0.15) is 10.2 Å². The summed E-state index contributed by atoms with van der Waals surface area (Å²) in [6.07, 6.45) is 7.15. The van der Waals surface area contributed by atoms with Gasteiger partial charge >= 0.3 is 5.69 Å². The van der Waals surface area contributed by atoms with E-state index in [4.69, 9.17) is 14.7 Å². The summed E-state index contributed by atoms with van der Waals surface area (Å²) in [4.78, 5) is 30.5. The highest BCUT2D eigenvalue weighted by molar-refractivity contribution is 5.78. The van der Waals surface area contributed by atoms with Crippen LogP contribution in [0.5, 0.6) is 11.8 Å². The molecule has 0 saturated heterocycles. The van der Waals surface area contributed by atoms with Crippen LogP contribution >= 0.6 is 0 Å². The maximum Gasteiger partial charge on any atom is 0.351 e. The molecule has 8 heteroatoms. The molecule has 156 valence electrons. The molecule has 4 bridgehead atoms. The number of nitriles is 1. The molecule has 1 aromatic heterocycles. The van der Waals surface area contributed by atoms with Crippen molar-refractivity contribution in [1.29, 1.82) is 5.26 Å². The van der Waals surface area contributed by atoms with E-state index >= 15 is 0 Å². The normalized spacial score (nSPS) is 29.9. The Kier molecular flexibility index (Phi) is 5.01. The topological polar surface area (TPSA) is 117 Å². The molecule has 0 aromatic carbocycles. The molecular formula is C21H28N4O4. The zero-order chi connectivity index (χ0) is 20.6. The van der Waals surface area contributed by atoms with Crippen molar-refractivity contribution in [3.63, 3.8) is 0 Å². The highest BCUT2D eigenvalue weighted by Gasteiger charge is 2.51. The Bertz CT molecular complexity index is 850. The molecule has 0 radical (unpaired) electrons. The standard InChI is InChI=1S/C21H28N4O4/c1-20(2,11-22)12-29-18-6-17(23-19(27)24-18)28-10-16(26)25-21-7-13-3-14(8-21)5-15(4-13)9-21/h6,13-15H,3-5,7-10,12H2,1-2H3,(H,25,26)(H,23,24,27). The molecule has 4 fully saturated rings. The number of aromatic nitrogens is 2. The van der Waals surface area contributed by atoms with Gasteiger partial charge in [0.15, 0.2) is 12.5 Å². The van der Waals surface area contributed by atoms with Gasteiger partial charge in [-0.1, -0.05) is 0 Å². The quantitative estimate of drug-likeness (QED) is 0.724. The largest absolute Gasteiger partial charge is 0.477 e. The highest BCUT2D eigenvalue weighted by atomic mass is 16.5. The van der Waals surface area contributed by atoms with Crippen molar-refractivity contribution in [3.8, 4) is 17.8 Å². The van der Waals surface area contributed by atoms with Crippen LogP contribution in [0.1, 0.15) is 52.4 Å². The number of ether oxygens (including phenoxy) is 2. The van der Waals surface area contributed by atoms with Crippen molar-refractivity contribution in [2.75, 3.05) is 13.2 Å². The van der Waals surface area contributed by atoms with Gasteiger partial charge in [-0.15, -0.1) is 0 Å². The van der Waals surface area contributed by atoms with E-state index in [-0.39, 0.29) is 36.4 Å². The van der Waals surface area contributed by atoms with Crippen molar-refractivity contribution in [1.82, 2.24) is 15.3 Å². The SMILES string of the molecule is CC(C)(C#N)COc1cc(OCC(=O)NC23CC4CC(CC(C4)C2)C3)nc(=O)[nH]1. The second-order valence-corrected chi connectivity index (χ2v) is 9.71. The second-order valence-electron chi connectivity index (χ2n) is 9.71. The van der Waals surface area contributed by atoms with Gasteiger partial charge in [-0.25, -0.2) is 4.79 Å². The molecule has 4 saturated carbocycles. The molecule has 8 nitrogen and oxygen atoms in total. The number of carbonyl (C=O) groups excluding carboxylic acids is 1. The number of hydrogen-bond acceptors (Lipinski definition) is 6. The first-order chi connectivity index (χ1) is 13.7. The zero-order valence-corrected chi connectivity index (χ0v) is 17.0. The van der Waals surface area contributed by atoms with Crippen LogP contribution in [0.15, 0.2) is 10.9 Å². The number of H-pyrrole nitrogens is 1. The number of rotatable bonds is 7. The van der Waals surface area contributed by atoms with E-state index in [9.17, 15) is 9.59 Å². The predicted molar refractivity (Wildman–Crippen MR) is 104 cm³/mol. The van der Waals surface area contributed by atoms with Gasteiger partial charge in [-0.05, 0) is 70.1 Å². The van der Waals surface area contributed by atoms with E-state index in [1.807, 2.05) is 0 Å². The second kappa shape index (κ2) is 7.36. The summed E-state index contributed by atoms with van der Waals surface area (Å²) >= 11 is 0. The molecule has 0 unspecified atom stereocenters. The monoisotopic (exact) mass is 400 g/mol. The lowest BCUT2D eigenvalue weighted by molar-refractivity contribution is -0.128. The average molecular weight is 400 g/mol. The highest BCUT2D eigenvalue weighted by Crippen LogP contribution is 2.55. The number of amides is 1. The number of carbonyl (C=O) groups is 1. The van der Waals surface area contributed by atoms with E-state index in [1.165, 1.54) is 25.3 Å². The van der Waals surface area contributed by atoms with E-state index in [0.29, 0.717) is 0 Å². The Morgan fingerprint density at radius 2 is 1.90 bits per heavy atom. The summed E-state index contributed by atoms with van der Waals surface area (Å²) in [6.45, 7) is 3.38. The van der Waals surface area contributed by atoms with E-state index in [0.717, 1.165) is 37.0 Å². The Morgan fingerprint density at radius 1 is 1.28 bits per heavy atom. The van der Waals surface area contributed by atoms with Crippen LogP contribution in [0, 0.1) is 34.5 Å². The Morgan fingerprint density at radius 3 is 2.48 bits per heavy atom. The zero-order valence-electron chi connectivity index (χ0n) is 17.0. The summed E-state index contributed by atoms with van der Waals surface area (Å²) in [5, 5.41) is 12.3. The number of aromatic amines is 1. The Balaban J connectivity index is 1.34. The van der Waals surface area contributed by atoms with Gasteiger partial charge in [0.25, 0.3) is 5.91 Å². The predicted octanol–water partition coefficient (Wildman–Crippen LogP) is 2.16. The van der Waals surface area contributed by atoms with Gasteiger partial charge in [-0.3, -0.25) is 9.78 Å². The summed E-state index contributed by atoms with van der Waals surface area (Å²) in [7, 11) is 0. The Hall–Kier alpha value is -2.56. The first-order valence-corrected chi connectivity index (χ1v) is 10.3. The minimum atomic E-state index is -0.696. The van der Waals surface area contributed by atoms with Crippen LogP contribution in [0.3, 0.4) is 0 Å². The summed E-state index contributed by atoms with van der Waals surface area (Å²) in [5.41, 5.74) is -1.40. The van der Waals surface area contributed by atoms with Gasteiger partial charge < -0.3 is 14.8 Å². The first-order valence-electron chi connectivity index (χ1n) is 10.3. The van der Waals surface area contributed by atoms with Crippen LogP contribution in [0.2, 0.25) is 0 Å². The summed E-state index contributed by atoms with van der Waals surface area (Å²) in [5.74, 6) is 2.24. The van der Waals surface area contributed by atoms with Crippen LogP contribution in [0.25, 0.3) is 0 Å². The van der Waals surface area contributed by atoms with E-state index in [1.54, 1.807) is 13.8 Å². The molecule has 0 atom stereocenters. The molecule has 5 rings (SSSR count). The number of nitrogens with one attached hydrogen (secondary N) is 2. The molecule has 4 aliphatic carbocycles. The van der Waals surface area contributed by atoms with E-state index in [2.05, 4.69) is 21.4 Å². The molecule has 2 N–H and O–H groups in total. The van der Waals surface area contributed by atoms with Crippen LogP contribution in [-0.2, 0) is 4.79 Å². The van der Waals surface area contributed by atoms with Gasteiger partial charge in [0.05, 0.1) is 17.6 Å². The lowest BCUT2D eigenvalue weighted by Crippen LogP contribution is -2.60. The van der Waals surface area contributed by atoms with Crippen molar-refractivity contribution in [3.05, 3.63) is 16.6 Å². The van der Waals surface area contributed by atoms with Crippen LogP contribution in [-0.4, -0.2) is 34.6 Å². The fraction of sp³-hybridized carbons (Fsp3) is 0.714. The maximum atomic E-state index is 12.5. The third kappa shape index (κ3) is 4.55. The van der Waals surface area contributed by atoms with Crippen molar-refractivity contribution in [2.24, 2.45) is 23.2 Å². The molecule has 1 amide bonds. The van der Waals surface area contributed by atoms with Crippen molar-refractivity contribution in [2.45, 2.75) is 57.9 Å². The molecule has 0 aliphatic heterocycles. The number of hydrogen-bond donors (Lipinski definition) is 2. The molecular weight excluding hydrogens is 372 g/mol.